The number of carbonyl (C=O) groups excluding carboxylic acids is 1. The molecule has 1 saturated heterocycles. The maximum Gasteiger partial charge on any atom is 0.238 e. The Labute approximate surface area is 119 Å². The van der Waals surface area contributed by atoms with Crippen LogP contribution < -0.4 is 11.1 Å². The Bertz CT molecular complexity index is 479. The summed E-state index contributed by atoms with van der Waals surface area (Å²) in [4.78, 5) is 16.8. The molecule has 3 rings (SSSR count). The number of anilines is 2. The summed E-state index contributed by atoms with van der Waals surface area (Å²) in [5.74, 6) is 0.0165. The molecule has 1 aliphatic heterocycles. The molecule has 5 nitrogen and oxygen atoms in total. The fourth-order valence-corrected chi connectivity index (χ4v) is 2.73. The number of nitrogens with one attached hydrogen (secondary N) is 1. The first-order valence-electron chi connectivity index (χ1n) is 7.33. The molecule has 1 aromatic carbocycles. The summed E-state index contributed by atoms with van der Waals surface area (Å²) in [5, 5.41) is 2.88. The molecule has 0 atom stereocenters. The van der Waals surface area contributed by atoms with E-state index in [-0.39, 0.29) is 5.91 Å². The third-order valence-corrected chi connectivity index (χ3v) is 4.07. The van der Waals surface area contributed by atoms with E-state index in [1.54, 1.807) is 6.07 Å². The highest BCUT2D eigenvalue weighted by molar-refractivity contribution is 5.95. The van der Waals surface area contributed by atoms with Crippen LogP contribution in [0.25, 0.3) is 0 Å². The molecular weight excluding hydrogens is 252 g/mol. The number of nitrogens with two attached hydrogens (primary N) is 1. The number of rotatable bonds is 4. The minimum Gasteiger partial charge on any atom is -0.397 e. The zero-order valence-electron chi connectivity index (χ0n) is 11.7. The highest BCUT2D eigenvalue weighted by Crippen LogP contribution is 2.27. The van der Waals surface area contributed by atoms with Gasteiger partial charge in [-0.15, -0.1) is 0 Å². The fraction of sp³-hybridized carbons (Fsp3) is 0.533. The summed E-state index contributed by atoms with van der Waals surface area (Å²) < 4.78 is 0. The van der Waals surface area contributed by atoms with Gasteiger partial charge in [-0.2, -0.15) is 0 Å². The normalized spacial score (nSPS) is 20.8. The first kappa shape index (κ1) is 13.4. The molecule has 0 unspecified atom stereocenters. The molecule has 1 aromatic rings. The van der Waals surface area contributed by atoms with Crippen molar-refractivity contribution in [3.8, 4) is 0 Å². The second kappa shape index (κ2) is 5.81. The van der Waals surface area contributed by atoms with Crippen molar-refractivity contribution >= 4 is 17.3 Å². The van der Waals surface area contributed by atoms with E-state index in [1.807, 2.05) is 18.2 Å². The predicted octanol–water partition coefficient (Wildman–Crippen LogP) is 0.987. The van der Waals surface area contributed by atoms with Gasteiger partial charge in [0.25, 0.3) is 0 Å². The maximum absolute atomic E-state index is 12.0. The minimum atomic E-state index is 0.0165. The van der Waals surface area contributed by atoms with Crippen LogP contribution in [-0.2, 0) is 4.79 Å². The quantitative estimate of drug-likeness (QED) is 0.804. The van der Waals surface area contributed by atoms with Crippen LogP contribution in [-0.4, -0.2) is 54.5 Å². The Kier molecular flexibility index (Phi) is 3.89. The molecule has 1 amide bonds. The van der Waals surface area contributed by atoms with Gasteiger partial charge in [-0.1, -0.05) is 12.1 Å². The number of nitrogens with zero attached hydrogens (tertiary/aromatic N) is 2. The Hall–Kier alpha value is -1.59. The van der Waals surface area contributed by atoms with Gasteiger partial charge in [0, 0.05) is 32.2 Å². The third kappa shape index (κ3) is 3.29. The Morgan fingerprint density at radius 3 is 2.55 bits per heavy atom. The van der Waals surface area contributed by atoms with E-state index < -0.39 is 0 Å². The van der Waals surface area contributed by atoms with Crippen molar-refractivity contribution < 1.29 is 4.79 Å². The zero-order valence-corrected chi connectivity index (χ0v) is 11.7. The molecule has 108 valence electrons. The van der Waals surface area contributed by atoms with Gasteiger partial charge in [-0.05, 0) is 25.0 Å². The highest BCUT2D eigenvalue weighted by atomic mass is 16.2. The predicted molar refractivity (Wildman–Crippen MR) is 80.5 cm³/mol. The second-order valence-electron chi connectivity index (χ2n) is 5.68. The number of amides is 1. The van der Waals surface area contributed by atoms with Crippen LogP contribution >= 0.6 is 0 Å². The summed E-state index contributed by atoms with van der Waals surface area (Å²) in [6.07, 6.45) is 2.71. The molecule has 0 radical (unpaired) electrons. The monoisotopic (exact) mass is 274 g/mol. The number of piperazine rings is 1. The van der Waals surface area contributed by atoms with Crippen LogP contribution in [0.1, 0.15) is 12.8 Å². The van der Waals surface area contributed by atoms with Gasteiger partial charge < -0.3 is 11.1 Å². The van der Waals surface area contributed by atoms with Crippen molar-refractivity contribution in [2.45, 2.75) is 18.9 Å². The topological polar surface area (TPSA) is 61.6 Å². The molecule has 1 saturated carbocycles. The van der Waals surface area contributed by atoms with E-state index in [9.17, 15) is 4.79 Å². The maximum atomic E-state index is 12.0. The highest BCUT2D eigenvalue weighted by Gasteiger charge is 2.31. The fourth-order valence-electron chi connectivity index (χ4n) is 2.73. The van der Waals surface area contributed by atoms with Gasteiger partial charge in [0.15, 0.2) is 0 Å². The lowest BCUT2D eigenvalue weighted by Crippen LogP contribution is -2.49. The van der Waals surface area contributed by atoms with Gasteiger partial charge in [0.05, 0.1) is 17.9 Å². The first-order valence-corrected chi connectivity index (χ1v) is 7.33. The Morgan fingerprint density at radius 2 is 1.90 bits per heavy atom. The van der Waals surface area contributed by atoms with Gasteiger partial charge in [-0.25, -0.2) is 0 Å². The summed E-state index contributed by atoms with van der Waals surface area (Å²) in [6.45, 7) is 4.59. The smallest absolute Gasteiger partial charge is 0.238 e. The average Bonchev–Trinajstić information content (AvgIpc) is 3.27. The van der Waals surface area contributed by atoms with Crippen LogP contribution in [0.3, 0.4) is 0 Å². The molecule has 3 N–H and O–H groups in total. The summed E-state index contributed by atoms with van der Waals surface area (Å²) >= 11 is 0. The van der Waals surface area contributed by atoms with Crippen molar-refractivity contribution in [2.75, 3.05) is 43.8 Å². The standard InChI is InChI=1S/C15H22N4O/c16-13-3-1-2-4-14(13)17-15(20)11-18-7-9-19(10-8-18)12-5-6-12/h1-4,12H,5-11,16H2,(H,17,20). The van der Waals surface area contributed by atoms with E-state index >= 15 is 0 Å². The van der Waals surface area contributed by atoms with Gasteiger partial charge in [0.1, 0.15) is 0 Å². The van der Waals surface area contributed by atoms with Gasteiger partial charge in [-0.3, -0.25) is 14.6 Å². The average molecular weight is 274 g/mol. The van der Waals surface area contributed by atoms with Crippen molar-refractivity contribution in [1.29, 1.82) is 0 Å². The van der Waals surface area contributed by atoms with Gasteiger partial charge >= 0.3 is 0 Å². The van der Waals surface area contributed by atoms with E-state index in [0.29, 0.717) is 17.9 Å². The van der Waals surface area contributed by atoms with Crippen molar-refractivity contribution in [3.63, 3.8) is 0 Å². The minimum absolute atomic E-state index is 0.0165. The van der Waals surface area contributed by atoms with E-state index in [4.69, 9.17) is 5.73 Å². The van der Waals surface area contributed by atoms with Crippen molar-refractivity contribution in [2.24, 2.45) is 0 Å². The summed E-state index contributed by atoms with van der Waals surface area (Å²) in [6, 6.07) is 8.19. The van der Waals surface area contributed by atoms with E-state index in [1.165, 1.54) is 12.8 Å². The molecule has 0 aromatic heterocycles. The van der Waals surface area contributed by atoms with Crippen molar-refractivity contribution in [3.05, 3.63) is 24.3 Å². The molecule has 1 heterocycles. The second-order valence-corrected chi connectivity index (χ2v) is 5.68. The molecule has 2 aliphatic rings. The lowest BCUT2D eigenvalue weighted by molar-refractivity contribution is -0.117. The summed E-state index contributed by atoms with van der Waals surface area (Å²) in [5.41, 5.74) is 7.14. The lowest BCUT2D eigenvalue weighted by Gasteiger charge is -2.34. The number of nitrogen functional groups attached to an aromatic ring is 1. The number of carbonyl (C=O) groups is 1. The zero-order chi connectivity index (χ0) is 13.9. The number of benzene rings is 1. The number of hydrogen-bond acceptors (Lipinski definition) is 4. The van der Waals surface area contributed by atoms with Crippen LogP contribution in [0.4, 0.5) is 11.4 Å². The van der Waals surface area contributed by atoms with Crippen LogP contribution in [0.5, 0.6) is 0 Å². The molecule has 0 bridgehead atoms. The first-order chi connectivity index (χ1) is 9.72. The SMILES string of the molecule is Nc1ccccc1NC(=O)CN1CCN(C2CC2)CC1. The Morgan fingerprint density at radius 1 is 1.20 bits per heavy atom. The molecule has 5 heteroatoms. The van der Waals surface area contributed by atoms with Crippen molar-refractivity contribution in [1.82, 2.24) is 9.80 Å². The van der Waals surface area contributed by atoms with Crippen LogP contribution in [0.15, 0.2) is 24.3 Å². The molecule has 20 heavy (non-hydrogen) atoms. The lowest BCUT2D eigenvalue weighted by atomic mass is 10.2. The molecule has 1 aliphatic carbocycles. The molecule has 0 spiro atoms. The van der Waals surface area contributed by atoms with E-state index in [0.717, 1.165) is 32.2 Å². The van der Waals surface area contributed by atoms with E-state index in [2.05, 4.69) is 15.1 Å². The van der Waals surface area contributed by atoms with Gasteiger partial charge in [0.2, 0.25) is 5.91 Å². The Balaban J connectivity index is 1.46. The van der Waals surface area contributed by atoms with Crippen LogP contribution in [0.2, 0.25) is 0 Å². The molecule has 2 fully saturated rings. The van der Waals surface area contributed by atoms with Crippen LogP contribution in [0, 0.1) is 0 Å². The largest absolute Gasteiger partial charge is 0.397 e. The molecular formula is C15H22N4O. The third-order valence-electron chi connectivity index (χ3n) is 4.07. The summed E-state index contributed by atoms with van der Waals surface area (Å²) in [7, 11) is 0. The number of hydrogen-bond donors (Lipinski definition) is 2. The number of para-hydroxylation sites is 2.